The van der Waals surface area contributed by atoms with Gasteiger partial charge in [-0.05, 0) is 50.0 Å². The molecule has 2 aliphatic heterocycles. The summed E-state index contributed by atoms with van der Waals surface area (Å²) in [6.45, 7) is 4.86. The smallest absolute Gasteiger partial charge is 0.367 e. The SMILES string of the molecule is Cc1cc2n(n1)[C@@H](C(F)(F)F)C[C@@H](C1CCN(C(=O)C(C)Cc3cccs3)CC1)N2. The molecule has 2 aliphatic rings. The number of anilines is 1. The Morgan fingerprint density at radius 2 is 2.10 bits per heavy atom. The van der Waals surface area contributed by atoms with Crippen molar-refractivity contribution in [2.75, 3.05) is 18.4 Å². The molecule has 1 unspecified atom stereocenters. The molecule has 1 N–H and O–H groups in total. The average Bonchev–Trinajstić information content (AvgIpc) is 3.34. The molecule has 1 saturated heterocycles. The summed E-state index contributed by atoms with van der Waals surface area (Å²) in [5.41, 5.74) is 0.576. The van der Waals surface area contributed by atoms with E-state index in [4.69, 9.17) is 0 Å². The van der Waals surface area contributed by atoms with E-state index in [9.17, 15) is 18.0 Å². The third-order valence-electron chi connectivity index (χ3n) is 6.27. The highest BCUT2D eigenvalue weighted by atomic mass is 32.1. The van der Waals surface area contributed by atoms with Crippen LogP contribution in [0.25, 0.3) is 0 Å². The summed E-state index contributed by atoms with van der Waals surface area (Å²) in [7, 11) is 0. The van der Waals surface area contributed by atoms with Crippen molar-refractivity contribution in [1.82, 2.24) is 14.7 Å². The summed E-state index contributed by atoms with van der Waals surface area (Å²) in [6, 6.07) is 3.84. The van der Waals surface area contributed by atoms with E-state index in [2.05, 4.69) is 10.4 Å². The summed E-state index contributed by atoms with van der Waals surface area (Å²) in [4.78, 5) is 15.9. The van der Waals surface area contributed by atoms with Crippen LogP contribution in [-0.2, 0) is 11.2 Å². The Labute approximate surface area is 178 Å². The fourth-order valence-electron chi connectivity index (χ4n) is 4.69. The minimum Gasteiger partial charge on any atom is -0.367 e. The number of hydrogen-bond acceptors (Lipinski definition) is 4. The van der Waals surface area contributed by atoms with Crippen LogP contribution >= 0.6 is 11.3 Å². The van der Waals surface area contributed by atoms with Crippen molar-refractivity contribution in [3.05, 3.63) is 34.2 Å². The van der Waals surface area contributed by atoms with Crippen LogP contribution in [0.1, 0.15) is 42.8 Å². The number of piperidine rings is 1. The fourth-order valence-corrected chi connectivity index (χ4v) is 5.52. The minimum absolute atomic E-state index is 0.0228. The molecule has 164 valence electrons. The van der Waals surface area contributed by atoms with Crippen molar-refractivity contribution in [1.29, 1.82) is 0 Å². The van der Waals surface area contributed by atoms with E-state index in [0.717, 1.165) is 11.1 Å². The number of alkyl halides is 3. The number of carbonyl (C=O) groups is 1. The number of carbonyl (C=O) groups excluding carboxylic acids is 1. The maximum atomic E-state index is 13.6. The van der Waals surface area contributed by atoms with Gasteiger partial charge < -0.3 is 10.2 Å². The second-order valence-electron chi connectivity index (χ2n) is 8.51. The van der Waals surface area contributed by atoms with Crippen LogP contribution in [0.15, 0.2) is 23.6 Å². The normalized spacial score (nSPS) is 23.7. The Morgan fingerprint density at radius 3 is 2.73 bits per heavy atom. The number of rotatable bonds is 4. The number of thiophene rings is 1. The Bertz CT molecular complexity index is 871. The number of halogens is 3. The summed E-state index contributed by atoms with van der Waals surface area (Å²) in [5, 5.41) is 9.34. The van der Waals surface area contributed by atoms with E-state index in [1.165, 1.54) is 4.88 Å². The Morgan fingerprint density at radius 1 is 1.37 bits per heavy atom. The molecule has 0 bridgehead atoms. The van der Waals surface area contributed by atoms with Gasteiger partial charge >= 0.3 is 6.18 Å². The van der Waals surface area contributed by atoms with Crippen molar-refractivity contribution in [2.45, 2.75) is 57.8 Å². The monoisotopic (exact) mass is 440 g/mol. The van der Waals surface area contributed by atoms with Crippen LogP contribution < -0.4 is 5.32 Å². The number of amides is 1. The van der Waals surface area contributed by atoms with Crippen molar-refractivity contribution in [3.63, 3.8) is 0 Å². The number of aryl methyl sites for hydroxylation is 1. The van der Waals surface area contributed by atoms with E-state index in [1.807, 2.05) is 29.3 Å². The average molecular weight is 441 g/mol. The van der Waals surface area contributed by atoms with Gasteiger partial charge in [-0.15, -0.1) is 11.3 Å². The number of fused-ring (bicyclic) bond motifs is 1. The van der Waals surface area contributed by atoms with E-state index >= 15 is 0 Å². The predicted octanol–water partition coefficient (Wildman–Crippen LogP) is 4.66. The highest BCUT2D eigenvalue weighted by Crippen LogP contribution is 2.42. The van der Waals surface area contributed by atoms with Gasteiger partial charge in [0, 0.05) is 36.0 Å². The molecule has 0 radical (unpaired) electrons. The predicted molar refractivity (Wildman–Crippen MR) is 111 cm³/mol. The van der Waals surface area contributed by atoms with Gasteiger partial charge in [0.2, 0.25) is 5.91 Å². The third kappa shape index (κ3) is 4.36. The van der Waals surface area contributed by atoms with Gasteiger partial charge in [-0.25, -0.2) is 4.68 Å². The molecule has 30 heavy (non-hydrogen) atoms. The summed E-state index contributed by atoms with van der Waals surface area (Å²) in [5.74, 6) is 0.602. The number of nitrogens with one attached hydrogen (secondary N) is 1. The first-order chi connectivity index (χ1) is 14.2. The Balaban J connectivity index is 1.37. The molecule has 0 saturated carbocycles. The maximum Gasteiger partial charge on any atom is 0.410 e. The highest BCUT2D eigenvalue weighted by Gasteiger charge is 2.47. The molecular weight excluding hydrogens is 413 g/mol. The molecule has 2 aromatic heterocycles. The van der Waals surface area contributed by atoms with E-state index in [1.54, 1.807) is 24.3 Å². The van der Waals surface area contributed by atoms with Crippen LogP contribution in [0, 0.1) is 18.8 Å². The molecule has 5 nitrogen and oxygen atoms in total. The number of aromatic nitrogens is 2. The van der Waals surface area contributed by atoms with Gasteiger partial charge in [0.25, 0.3) is 0 Å². The molecule has 3 atom stereocenters. The van der Waals surface area contributed by atoms with Crippen molar-refractivity contribution in [2.24, 2.45) is 11.8 Å². The zero-order chi connectivity index (χ0) is 21.5. The molecule has 2 aromatic rings. The number of hydrogen-bond donors (Lipinski definition) is 1. The molecule has 0 spiro atoms. The second-order valence-corrected chi connectivity index (χ2v) is 9.54. The third-order valence-corrected chi connectivity index (χ3v) is 7.17. The standard InChI is InChI=1S/C21H27F3N4OS/c1-13(10-16-4-3-9-30-16)20(29)27-7-5-15(6-8-27)17-12-18(21(22,23)24)28-19(25-17)11-14(2)26-28/h3-4,9,11,13,15,17-18,25H,5-8,10,12H2,1-2H3/t13?,17-,18+/m0/s1. The highest BCUT2D eigenvalue weighted by molar-refractivity contribution is 7.09. The molecule has 0 aliphatic carbocycles. The Hall–Kier alpha value is -2.03. The zero-order valence-electron chi connectivity index (χ0n) is 17.2. The molecule has 4 heterocycles. The first kappa shape index (κ1) is 21.2. The summed E-state index contributed by atoms with van der Waals surface area (Å²) < 4.78 is 42.0. The van der Waals surface area contributed by atoms with Crippen LogP contribution in [0.3, 0.4) is 0 Å². The summed E-state index contributed by atoms with van der Waals surface area (Å²) >= 11 is 1.65. The number of likely N-dealkylation sites (tertiary alicyclic amines) is 1. The van der Waals surface area contributed by atoms with Gasteiger partial charge in [-0.1, -0.05) is 13.0 Å². The second kappa shape index (κ2) is 8.24. The van der Waals surface area contributed by atoms with Crippen LogP contribution in [0.5, 0.6) is 0 Å². The quantitative estimate of drug-likeness (QED) is 0.753. The summed E-state index contributed by atoms with van der Waals surface area (Å²) in [6.07, 6.45) is -2.19. The largest absolute Gasteiger partial charge is 0.410 e. The minimum atomic E-state index is -4.33. The lowest BCUT2D eigenvalue weighted by Gasteiger charge is -2.41. The molecule has 4 rings (SSSR count). The van der Waals surface area contributed by atoms with Gasteiger partial charge in [0.1, 0.15) is 5.82 Å². The zero-order valence-corrected chi connectivity index (χ0v) is 18.0. The lowest BCUT2D eigenvalue weighted by atomic mass is 9.84. The molecule has 1 fully saturated rings. The van der Waals surface area contributed by atoms with Crippen LogP contribution in [0.4, 0.5) is 19.0 Å². The van der Waals surface area contributed by atoms with Gasteiger partial charge in [-0.3, -0.25) is 4.79 Å². The number of nitrogens with zero attached hydrogens (tertiary/aromatic N) is 3. The molecular formula is C21H27F3N4OS. The maximum absolute atomic E-state index is 13.6. The van der Waals surface area contributed by atoms with Crippen molar-refractivity contribution < 1.29 is 18.0 Å². The van der Waals surface area contributed by atoms with Crippen molar-refractivity contribution >= 4 is 23.1 Å². The van der Waals surface area contributed by atoms with E-state index in [0.29, 0.717) is 37.4 Å². The molecule has 1 amide bonds. The van der Waals surface area contributed by atoms with Crippen molar-refractivity contribution in [3.8, 4) is 0 Å². The first-order valence-corrected chi connectivity index (χ1v) is 11.3. The fraction of sp³-hybridized carbons (Fsp3) is 0.619. The van der Waals surface area contributed by atoms with Gasteiger partial charge in [0.15, 0.2) is 6.04 Å². The first-order valence-electron chi connectivity index (χ1n) is 10.4. The molecule has 9 heteroatoms. The topological polar surface area (TPSA) is 50.2 Å². The van der Waals surface area contributed by atoms with Crippen LogP contribution in [-0.4, -0.2) is 45.9 Å². The molecule has 0 aromatic carbocycles. The van der Waals surface area contributed by atoms with Crippen LogP contribution in [0.2, 0.25) is 0 Å². The lowest BCUT2D eigenvalue weighted by Crippen LogP contribution is -2.48. The lowest BCUT2D eigenvalue weighted by molar-refractivity contribution is -0.174. The Kier molecular flexibility index (Phi) is 5.83. The van der Waals surface area contributed by atoms with E-state index < -0.39 is 12.2 Å². The van der Waals surface area contributed by atoms with E-state index in [-0.39, 0.29) is 30.2 Å². The van der Waals surface area contributed by atoms with Gasteiger partial charge in [-0.2, -0.15) is 18.3 Å². The van der Waals surface area contributed by atoms with Gasteiger partial charge in [0.05, 0.1) is 5.69 Å².